The Morgan fingerprint density at radius 1 is 0.941 bits per heavy atom. The van der Waals surface area contributed by atoms with Crippen LogP contribution in [-0.4, -0.2) is 37.6 Å². The van der Waals surface area contributed by atoms with Gasteiger partial charge in [0.05, 0.1) is 0 Å². The van der Waals surface area contributed by atoms with E-state index in [1.54, 1.807) is 0 Å². The minimum Gasteiger partial charge on any atom is -0.316 e. The fourth-order valence-corrected chi connectivity index (χ4v) is 2.70. The lowest BCUT2D eigenvalue weighted by molar-refractivity contribution is 0.150. The molecule has 0 heterocycles. The largest absolute Gasteiger partial charge is 0.316 e. The highest BCUT2D eigenvalue weighted by Gasteiger charge is 2.25. The topological polar surface area (TPSA) is 15.3 Å². The summed E-state index contributed by atoms with van der Waals surface area (Å²) in [4.78, 5) is 2.65. The number of nitrogens with zero attached hydrogens (tertiary/aromatic N) is 1. The Bertz CT molecular complexity index is 164. The molecule has 0 radical (unpaired) electrons. The number of nitrogens with one attached hydrogen (secondary N) is 1. The lowest BCUT2D eigenvalue weighted by atomic mass is 9.84. The van der Waals surface area contributed by atoms with Crippen molar-refractivity contribution in [2.45, 2.75) is 60.3 Å². The van der Waals surface area contributed by atoms with Crippen LogP contribution < -0.4 is 5.32 Å². The Kier molecular flexibility index (Phi) is 9.85. The molecule has 0 aromatic heterocycles. The van der Waals surface area contributed by atoms with Gasteiger partial charge < -0.3 is 10.2 Å². The van der Waals surface area contributed by atoms with Crippen LogP contribution in [-0.2, 0) is 0 Å². The average molecular weight is 242 g/mol. The van der Waals surface area contributed by atoms with Crippen LogP contribution in [0.25, 0.3) is 0 Å². The van der Waals surface area contributed by atoms with Gasteiger partial charge in [-0.25, -0.2) is 0 Å². The van der Waals surface area contributed by atoms with E-state index in [1.807, 2.05) is 0 Å². The first-order chi connectivity index (χ1) is 8.11. The molecule has 0 fully saturated rings. The monoisotopic (exact) mass is 242 g/mol. The van der Waals surface area contributed by atoms with Crippen molar-refractivity contribution in [1.29, 1.82) is 0 Å². The van der Waals surface area contributed by atoms with Crippen LogP contribution in [0.15, 0.2) is 0 Å². The molecule has 104 valence electrons. The molecule has 0 aliphatic heterocycles. The lowest BCUT2D eigenvalue weighted by Crippen LogP contribution is -2.43. The van der Waals surface area contributed by atoms with Gasteiger partial charge in [0.15, 0.2) is 0 Å². The van der Waals surface area contributed by atoms with E-state index in [0.29, 0.717) is 5.41 Å². The Labute approximate surface area is 109 Å². The molecule has 0 bridgehead atoms. The van der Waals surface area contributed by atoms with E-state index in [2.05, 4.69) is 44.8 Å². The maximum Gasteiger partial charge on any atom is 0.00475 e. The average Bonchev–Trinajstić information content (AvgIpc) is 2.27. The number of hydrogen-bond donors (Lipinski definition) is 1. The van der Waals surface area contributed by atoms with E-state index < -0.39 is 0 Å². The maximum absolute atomic E-state index is 3.54. The van der Waals surface area contributed by atoms with Gasteiger partial charge in [-0.1, -0.05) is 41.0 Å². The van der Waals surface area contributed by atoms with E-state index >= 15 is 0 Å². The lowest BCUT2D eigenvalue weighted by Gasteiger charge is -2.35. The minimum atomic E-state index is 0.440. The van der Waals surface area contributed by atoms with Crippen molar-refractivity contribution in [2.24, 2.45) is 5.41 Å². The highest BCUT2D eigenvalue weighted by molar-refractivity contribution is 4.80. The van der Waals surface area contributed by atoms with Crippen molar-refractivity contribution in [3.8, 4) is 0 Å². The second kappa shape index (κ2) is 9.90. The van der Waals surface area contributed by atoms with E-state index in [1.165, 1.54) is 45.3 Å². The molecule has 0 aromatic carbocycles. The molecular weight excluding hydrogens is 208 g/mol. The number of hydrogen-bond acceptors (Lipinski definition) is 2. The molecule has 1 N–H and O–H groups in total. The van der Waals surface area contributed by atoms with Crippen molar-refractivity contribution in [3.05, 3.63) is 0 Å². The van der Waals surface area contributed by atoms with Gasteiger partial charge in [-0.3, -0.25) is 0 Å². The molecule has 0 saturated carbocycles. The normalized spacial score (nSPS) is 15.2. The fraction of sp³-hybridized carbons (Fsp3) is 1.00. The molecule has 0 aliphatic rings. The summed E-state index contributed by atoms with van der Waals surface area (Å²) in [7, 11) is 0. The molecule has 1 unspecified atom stereocenters. The summed E-state index contributed by atoms with van der Waals surface area (Å²) in [5.41, 5.74) is 0.440. The summed E-state index contributed by atoms with van der Waals surface area (Å²) in [6.07, 6.45) is 5.14. The smallest absolute Gasteiger partial charge is 0.00475 e. The van der Waals surface area contributed by atoms with Gasteiger partial charge >= 0.3 is 0 Å². The molecule has 17 heavy (non-hydrogen) atoms. The van der Waals surface area contributed by atoms with Crippen LogP contribution in [0.5, 0.6) is 0 Å². The van der Waals surface area contributed by atoms with Crippen molar-refractivity contribution >= 4 is 0 Å². The molecule has 2 nitrogen and oxygen atoms in total. The van der Waals surface area contributed by atoms with Crippen LogP contribution in [0.3, 0.4) is 0 Å². The van der Waals surface area contributed by atoms with Crippen molar-refractivity contribution in [2.75, 3.05) is 32.7 Å². The second-order valence-corrected chi connectivity index (χ2v) is 5.62. The van der Waals surface area contributed by atoms with E-state index in [9.17, 15) is 0 Å². The molecule has 0 amide bonds. The third-order valence-electron chi connectivity index (χ3n) is 3.34. The minimum absolute atomic E-state index is 0.440. The van der Waals surface area contributed by atoms with Crippen molar-refractivity contribution in [3.63, 3.8) is 0 Å². The van der Waals surface area contributed by atoms with Gasteiger partial charge in [0, 0.05) is 13.1 Å². The van der Waals surface area contributed by atoms with Crippen LogP contribution in [0.2, 0.25) is 0 Å². The first kappa shape index (κ1) is 16.9. The molecule has 0 spiro atoms. The van der Waals surface area contributed by atoms with Crippen molar-refractivity contribution < 1.29 is 0 Å². The maximum atomic E-state index is 3.54. The quantitative estimate of drug-likeness (QED) is 0.596. The molecule has 0 aliphatic carbocycles. The zero-order valence-corrected chi connectivity index (χ0v) is 12.8. The zero-order valence-electron chi connectivity index (χ0n) is 12.8. The van der Waals surface area contributed by atoms with Crippen LogP contribution in [0, 0.1) is 5.41 Å². The standard InChI is InChI=1S/C15H34N2/c1-6-10-15(5,13-16-9-4)14-17(11-7-2)12-8-3/h16H,6-14H2,1-5H3. The highest BCUT2D eigenvalue weighted by Crippen LogP contribution is 2.24. The highest BCUT2D eigenvalue weighted by atomic mass is 15.1. The summed E-state index contributed by atoms with van der Waals surface area (Å²) in [5, 5.41) is 3.54. The third kappa shape index (κ3) is 7.77. The molecule has 1 atom stereocenters. The zero-order chi connectivity index (χ0) is 13.1. The Balaban J connectivity index is 4.34. The van der Waals surface area contributed by atoms with Gasteiger partial charge in [-0.05, 0) is 44.3 Å². The Morgan fingerprint density at radius 2 is 1.53 bits per heavy atom. The fourth-order valence-electron chi connectivity index (χ4n) is 2.70. The van der Waals surface area contributed by atoms with Gasteiger partial charge in [0.2, 0.25) is 0 Å². The predicted molar refractivity (Wildman–Crippen MR) is 78.6 cm³/mol. The molecule has 0 saturated heterocycles. The van der Waals surface area contributed by atoms with Crippen LogP contribution >= 0.6 is 0 Å². The number of rotatable bonds is 11. The Morgan fingerprint density at radius 3 is 1.94 bits per heavy atom. The first-order valence-electron chi connectivity index (χ1n) is 7.54. The molecule has 2 heteroatoms. The Hall–Kier alpha value is -0.0800. The van der Waals surface area contributed by atoms with E-state index in [4.69, 9.17) is 0 Å². The van der Waals surface area contributed by atoms with Gasteiger partial charge in [-0.15, -0.1) is 0 Å². The predicted octanol–water partition coefficient (Wildman–Crippen LogP) is 3.52. The van der Waals surface area contributed by atoms with Gasteiger partial charge in [-0.2, -0.15) is 0 Å². The SMILES string of the molecule is CCCN(CCC)CC(C)(CCC)CNCC. The first-order valence-corrected chi connectivity index (χ1v) is 7.54. The molecule has 0 aromatic rings. The van der Waals surface area contributed by atoms with Crippen molar-refractivity contribution in [1.82, 2.24) is 10.2 Å². The second-order valence-electron chi connectivity index (χ2n) is 5.62. The van der Waals surface area contributed by atoms with E-state index in [-0.39, 0.29) is 0 Å². The van der Waals surface area contributed by atoms with Gasteiger partial charge in [0.1, 0.15) is 0 Å². The summed E-state index contributed by atoms with van der Waals surface area (Å²) < 4.78 is 0. The third-order valence-corrected chi connectivity index (χ3v) is 3.34. The van der Waals surface area contributed by atoms with Gasteiger partial charge in [0.25, 0.3) is 0 Å². The summed E-state index contributed by atoms with van der Waals surface area (Å²) in [6.45, 7) is 17.5. The summed E-state index contributed by atoms with van der Waals surface area (Å²) >= 11 is 0. The van der Waals surface area contributed by atoms with E-state index in [0.717, 1.165) is 13.1 Å². The molecular formula is C15H34N2. The molecule has 0 rings (SSSR count). The summed E-state index contributed by atoms with van der Waals surface area (Å²) in [6, 6.07) is 0. The van der Waals surface area contributed by atoms with Crippen LogP contribution in [0.1, 0.15) is 60.3 Å². The summed E-state index contributed by atoms with van der Waals surface area (Å²) in [5.74, 6) is 0. The van der Waals surface area contributed by atoms with Crippen LogP contribution in [0.4, 0.5) is 0 Å².